The van der Waals surface area contributed by atoms with Crippen LogP contribution in [-0.4, -0.2) is 40.8 Å². The van der Waals surface area contributed by atoms with Crippen molar-refractivity contribution in [3.8, 4) is 0 Å². The third-order valence-corrected chi connectivity index (χ3v) is 3.46. The normalized spacial score (nSPS) is 14.8. The van der Waals surface area contributed by atoms with E-state index in [1.54, 1.807) is 0 Å². The molecule has 19 heavy (non-hydrogen) atoms. The molecular formula is C13H23N5O. The van der Waals surface area contributed by atoms with Crippen LogP contribution in [0.15, 0.2) is 0 Å². The fourth-order valence-electron chi connectivity index (χ4n) is 2.37. The van der Waals surface area contributed by atoms with E-state index in [-0.39, 0.29) is 5.91 Å². The number of carbonyl (C=O) groups excluding carboxylic acids is 1. The van der Waals surface area contributed by atoms with Gasteiger partial charge < -0.3 is 15.2 Å². The first-order chi connectivity index (χ1) is 9.31. The maximum absolute atomic E-state index is 11.5. The van der Waals surface area contributed by atoms with Crippen molar-refractivity contribution in [1.29, 1.82) is 0 Å². The van der Waals surface area contributed by atoms with Crippen LogP contribution in [0.2, 0.25) is 0 Å². The van der Waals surface area contributed by atoms with Gasteiger partial charge in [0.25, 0.3) is 0 Å². The minimum atomic E-state index is 0.0879. The van der Waals surface area contributed by atoms with Crippen molar-refractivity contribution in [2.45, 2.75) is 45.1 Å². The van der Waals surface area contributed by atoms with Crippen molar-refractivity contribution in [3.63, 3.8) is 0 Å². The van der Waals surface area contributed by atoms with Crippen molar-refractivity contribution in [2.75, 3.05) is 20.1 Å². The number of aromatic nitrogens is 3. The Balaban J connectivity index is 1.80. The summed E-state index contributed by atoms with van der Waals surface area (Å²) in [6, 6.07) is 0. The van der Waals surface area contributed by atoms with Crippen LogP contribution in [-0.2, 0) is 24.2 Å². The molecule has 6 nitrogen and oxygen atoms in total. The molecule has 2 rings (SSSR count). The molecule has 0 aromatic carbocycles. The highest BCUT2D eigenvalue weighted by atomic mass is 16.1. The summed E-state index contributed by atoms with van der Waals surface area (Å²) >= 11 is 0. The number of hydrogen-bond acceptors (Lipinski definition) is 4. The van der Waals surface area contributed by atoms with Gasteiger partial charge >= 0.3 is 0 Å². The lowest BCUT2D eigenvalue weighted by Gasteiger charge is -2.07. The van der Waals surface area contributed by atoms with Crippen LogP contribution in [0.3, 0.4) is 0 Å². The van der Waals surface area contributed by atoms with Gasteiger partial charge in [0.05, 0.1) is 0 Å². The highest BCUT2D eigenvalue weighted by Crippen LogP contribution is 2.14. The summed E-state index contributed by atoms with van der Waals surface area (Å²) in [7, 11) is 1.85. The molecule has 0 saturated heterocycles. The predicted molar refractivity (Wildman–Crippen MR) is 72.8 cm³/mol. The van der Waals surface area contributed by atoms with Crippen LogP contribution in [0.5, 0.6) is 0 Å². The Morgan fingerprint density at radius 2 is 2.16 bits per heavy atom. The summed E-state index contributed by atoms with van der Waals surface area (Å²) in [6.07, 6.45) is 5.99. The number of nitrogens with zero attached hydrogens (tertiary/aromatic N) is 3. The zero-order valence-electron chi connectivity index (χ0n) is 11.6. The third kappa shape index (κ3) is 4.02. The molecule has 106 valence electrons. The maximum atomic E-state index is 11.5. The van der Waals surface area contributed by atoms with Crippen molar-refractivity contribution in [3.05, 3.63) is 11.6 Å². The fourth-order valence-corrected chi connectivity index (χ4v) is 2.37. The first kappa shape index (κ1) is 14.0. The van der Waals surface area contributed by atoms with Crippen molar-refractivity contribution in [2.24, 2.45) is 0 Å². The van der Waals surface area contributed by atoms with E-state index in [0.717, 1.165) is 31.0 Å². The monoisotopic (exact) mass is 265 g/mol. The standard InChI is InChI=1S/C13H23N5O/c1-14-8-7-13(19)15-9-6-12-17-16-11-5-3-2-4-10-18(11)12/h14H,2-10H2,1H3,(H,15,19). The lowest BCUT2D eigenvalue weighted by molar-refractivity contribution is -0.120. The fraction of sp³-hybridized carbons (Fsp3) is 0.769. The van der Waals surface area contributed by atoms with Crippen LogP contribution in [0, 0.1) is 0 Å². The highest BCUT2D eigenvalue weighted by molar-refractivity contribution is 5.76. The molecule has 0 spiro atoms. The minimum Gasteiger partial charge on any atom is -0.356 e. The summed E-state index contributed by atoms with van der Waals surface area (Å²) < 4.78 is 2.23. The molecule has 1 aliphatic rings. The van der Waals surface area contributed by atoms with E-state index in [2.05, 4.69) is 25.4 Å². The van der Waals surface area contributed by atoms with Gasteiger partial charge in [-0.3, -0.25) is 4.79 Å². The molecular weight excluding hydrogens is 242 g/mol. The predicted octanol–water partition coefficient (Wildman–Crippen LogP) is 0.273. The quantitative estimate of drug-likeness (QED) is 0.774. The minimum absolute atomic E-state index is 0.0879. The lowest BCUT2D eigenvalue weighted by atomic mass is 10.2. The Hall–Kier alpha value is -1.43. The van der Waals surface area contributed by atoms with E-state index in [4.69, 9.17) is 0 Å². The van der Waals surface area contributed by atoms with Crippen molar-refractivity contribution in [1.82, 2.24) is 25.4 Å². The van der Waals surface area contributed by atoms with E-state index >= 15 is 0 Å². The number of hydrogen-bond donors (Lipinski definition) is 2. The molecule has 1 aromatic heterocycles. The van der Waals surface area contributed by atoms with Gasteiger partial charge in [-0.25, -0.2) is 0 Å². The summed E-state index contributed by atoms with van der Waals surface area (Å²) in [5.41, 5.74) is 0. The molecule has 0 aliphatic carbocycles. The van der Waals surface area contributed by atoms with E-state index in [0.29, 0.717) is 19.5 Å². The molecule has 0 atom stereocenters. The molecule has 0 bridgehead atoms. The summed E-state index contributed by atoms with van der Waals surface area (Å²) in [5, 5.41) is 14.4. The summed E-state index contributed by atoms with van der Waals surface area (Å²) in [6.45, 7) is 2.37. The van der Waals surface area contributed by atoms with Crippen molar-refractivity contribution < 1.29 is 4.79 Å². The van der Waals surface area contributed by atoms with Gasteiger partial charge in [-0.1, -0.05) is 6.42 Å². The van der Waals surface area contributed by atoms with Crippen LogP contribution >= 0.6 is 0 Å². The number of aryl methyl sites for hydroxylation is 1. The molecule has 2 N–H and O–H groups in total. The molecule has 1 aliphatic heterocycles. The Morgan fingerprint density at radius 3 is 3.00 bits per heavy atom. The Kier molecular flexibility index (Phi) is 5.32. The van der Waals surface area contributed by atoms with Gasteiger partial charge in [0.15, 0.2) is 0 Å². The van der Waals surface area contributed by atoms with Gasteiger partial charge in [0.1, 0.15) is 11.6 Å². The van der Waals surface area contributed by atoms with Gasteiger partial charge in [-0.15, -0.1) is 10.2 Å². The van der Waals surface area contributed by atoms with Crippen molar-refractivity contribution >= 4 is 5.91 Å². The first-order valence-corrected chi connectivity index (χ1v) is 7.13. The molecule has 0 saturated carbocycles. The zero-order valence-corrected chi connectivity index (χ0v) is 11.6. The second-order valence-electron chi connectivity index (χ2n) is 4.95. The number of amides is 1. The summed E-state index contributed by atoms with van der Waals surface area (Å²) in [5.74, 6) is 2.20. The van der Waals surface area contributed by atoms with E-state index < -0.39 is 0 Å². The molecule has 1 aromatic rings. The van der Waals surface area contributed by atoms with Crippen LogP contribution in [0.1, 0.15) is 37.3 Å². The second-order valence-corrected chi connectivity index (χ2v) is 4.95. The number of rotatable bonds is 6. The van der Waals surface area contributed by atoms with Gasteiger partial charge in [0.2, 0.25) is 5.91 Å². The van der Waals surface area contributed by atoms with E-state index in [9.17, 15) is 4.79 Å². The molecule has 1 amide bonds. The average molecular weight is 265 g/mol. The SMILES string of the molecule is CNCCC(=O)NCCc1nnc2n1CCCCC2. The lowest BCUT2D eigenvalue weighted by Crippen LogP contribution is -2.28. The van der Waals surface area contributed by atoms with Crippen LogP contribution in [0.25, 0.3) is 0 Å². The van der Waals surface area contributed by atoms with E-state index in [1.165, 1.54) is 19.3 Å². The number of carbonyl (C=O) groups is 1. The Morgan fingerprint density at radius 1 is 1.26 bits per heavy atom. The van der Waals surface area contributed by atoms with Gasteiger partial charge in [-0.2, -0.15) is 0 Å². The first-order valence-electron chi connectivity index (χ1n) is 7.13. The molecule has 0 radical (unpaired) electrons. The third-order valence-electron chi connectivity index (χ3n) is 3.46. The number of fused-ring (bicyclic) bond motifs is 1. The van der Waals surface area contributed by atoms with Gasteiger partial charge in [-0.05, 0) is 19.9 Å². The summed E-state index contributed by atoms with van der Waals surface area (Å²) in [4.78, 5) is 11.5. The molecule has 0 unspecified atom stereocenters. The van der Waals surface area contributed by atoms with Crippen LogP contribution in [0.4, 0.5) is 0 Å². The average Bonchev–Trinajstić information content (AvgIpc) is 2.65. The smallest absolute Gasteiger partial charge is 0.221 e. The molecule has 0 fully saturated rings. The number of nitrogens with one attached hydrogen (secondary N) is 2. The maximum Gasteiger partial charge on any atom is 0.221 e. The highest BCUT2D eigenvalue weighted by Gasteiger charge is 2.14. The molecule has 6 heteroatoms. The van der Waals surface area contributed by atoms with Crippen LogP contribution < -0.4 is 10.6 Å². The van der Waals surface area contributed by atoms with Gasteiger partial charge in [0, 0.05) is 38.9 Å². The molecule has 2 heterocycles. The Labute approximate surface area is 114 Å². The zero-order chi connectivity index (χ0) is 13.5. The second kappa shape index (κ2) is 7.23. The topological polar surface area (TPSA) is 71.8 Å². The Bertz CT molecular complexity index is 415. The van der Waals surface area contributed by atoms with E-state index in [1.807, 2.05) is 7.05 Å². The largest absolute Gasteiger partial charge is 0.356 e.